The van der Waals surface area contributed by atoms with Gasteiger partial charge in [0.2, 0.25) is 0 Å². The molecule has 0 aliphatic heterocycles. The lowest BCUT2D eigenvalue weighted by atomic mass is 10.0. The predicted molar refractivity (Wildman–Crippen MR) is 93.2 cm³/mol. The number of nitrogens with zero attached hydrogens (tertiary/aromatic N) is 1. The summed E-state index contributed by atoms with van der Waals surface area (Å²) in [7, 11) is 1.65. The fraction of sp³-hybridized carbons (Fsp3) is 0.267. The standard InChI is InChI=1S/C15H15Br2ClN2O/c1-3-19-14(15-12(17)6-9(16)8-20-15)11-7-10(18)4-5-13(11)21-2/h4-8,14,19H,3H2,1-2H3. The van der Waals surface area contributed by atoms with Crippen molar-refractivity contribution in [2.45, 2.75) is 13.0 Å². The van der Waals surface area contributed by atoms with Crippen LogP contribution in [0.4, 0.5) is 0 Å². The number of hydrogen-bond donors (Lipinski definition) is 1. The van der Waals surface area contributed by atoms with Crippen molar-refractivity contribution >= 4 is 43.5 Å². The summed E-state index contributed by atoms with van der Waals surface area (Å²) >= 11 is 13.1. The molecule has 1 aromatic carbocycles. The molecule has 0 spiro atoms. The number of pyridine rings is 1. The zero-order valence-corrected chi connectivity index (χ0v) is 15.6. The Morgan fingerprint density at radius 2 is 2.10 bits per heavy atom. The van der Waals surface area contributed by atoms with Crippen molar-refractivity contribution in [2.24, 2.45) is 0 Å². The van der Waals surface area contributed by atoms with Gasteiger partial charge >= 0.3 is 0 Å². The van der Waals surface area contributed by atoms with E-state index in [1.807, 2.05) is 24.3 Å². The molecule has 2 rings (SSSR count). The minimum atomic E-state index is -0.105. The third-order valence-electron chi connectivity index (χ3n) is 3.02. The molecule has 21 heavy (non-hydrogen) atoms. The monoisotopic (exact) mass is 432 g/mol. The highest BCUT2D eigenvalue weighted by atomic mass is 79.9. The Balaban J connectivity index is 2.55. The average Bonchev–Trinajstić information content (AvgIpc) is 2.45. The van der Waals surface area contributed by atoms with E-state index in [0.29, 0.717) is 5.02 Å². The molecule has 1 atom stereocenters. The minimum absolute atomic E-state index is 0.105. The molecule has 0 aliphatic rings. The number of benzene rings is 1. The van der Waals surface area contributed by atoms with Crippen molar-refractivity contribution in [3.05, 3.63) is 55.7 Å². The van der Waals surface area contributed by atoms with Crippen LogP contribution < -0.4 is 10.1 Å². The van der Waals surface area contributed by atoms with E-state index in [1.165, 1.54) is 0 Å². The van der Waals surface area contributed by atoms with Gasteiger partial charge in [0.1, 0.15) is 5.75 Å². The maximum Gasteiger partial charge on any atom is 0.124 e. The third kappa shape index (κ3) is 3.97. The lowest BCUT2D eigenvalue weighted by Crippen LogP contribution is -2.24. The number of halogens is 3. The van der Waals surface area contributed by atoms with Crippen LogP contribution in [-0.4, -0.2) is 18.6 Å². The lowest BCUT2D eigenvalue weighted by molar-refractivity contribution is 0.403. The number of aromatic nitrogens is 1. The van der Waals surface area contributed by atoms with Gasteiger partial charge in [0.15, 0.2) is 0 Å². The van der Waals surface area contributed by atoms with E-state index in [9.17, 15) is 0 Å². The summed E-state index contributed by atoms with van der Waals surface area (Å²) in [5, 5.41) is 4.10. The molecule has 0 radical (unpaired) electrons. The van der Waals surface area contributed by atoms with Gasteiger partial charge in [-0.3, -0.25) is 4.98 Å². The van der Waals surface area contributed by atoms with Crippen molar-refractivity contribution in [3.8, 4) is 5.75 Å². The summed E-state index contributed by atoms with van der Waals surface area (Å²) in [4.78, 5) is 4.52. The second kappa shape index (κ2) is 7.58. The maximum atomic E-state index is 6.15. The van der Waals surface area contributed by atoms with E-state index in [1.54, 1.807) is 13.3 Å². The molecule has 112 valence electrons. The normalized spacial score (nSPS) is 12.2. The van der Waals surface area contributed by atoms with Crippen LogP contribution in [0.5, 0.6) is 5.75 Å². The molecule has 6 heteroatoms. The summed E-state index contributed by atoms with van der Waals surface area (Å²) in [5.74, 6) is 0.780. The molecule has 1 unspecified atom stereocenters. The highest BCUT2D eigenvalue weighted by Crippen LogP contribution is 2.35. The summed E-state index contributed by atoms with van der Waals surface area (Å²) in [5.41, 5.74) is 1.85. The fourth-order valence-corrected chi connectivity index (χ4v) is 3.52. The van der Waals surface area contributed by atoms with Crippen molar-refractivity contribution < 1.29 is 4.74 Å². The van der Waals surface area contributed by atoms with Crippen LogP contribution in [0, 0.1) is 0 Å². The van der Waals surface area contributed by atoms with Gasteiger partial charge in [0.05, 0.1) is 18.8 Å². The molecule has 1 N–H and O–H groups in total. The first-order valence-electron chi connectivity index (χ1n) is 6.44. The lowest BCUT2D eigenvalue weighted by Gasteiger charge is -2.21. The van der Waals surface area contributed by atoms with E-state index in [4.69, 9.17) is 16.3 Å². The van der Waals surface area contributed by atoms with E-state index in [0.717, 1.165) is 32.5 Å². The molecule has 0 bridgehead atoms. The molecule has 0 saturated carbocycles. The van der Waals surface area contributed by atoms with Crippen molar-refractivity contribution in [1.82, 2.24) is 10.3 Å². The molecule has 0 aliphatic carbocycles. The van der Waals surface area contributed by atoms with Crippen molar-refractivity contribution in [2.75, 3.05) is 13.7 Å². The number of nitrogens with one attached hydrogen (secondary N) is 1. The summed E-state index contributed by atoms with van der Waals surface area (Å²) in [6, 6.07) is 7.46. The maximum absolute atomic E-state index is 6.15. The number of hydrogen-bond acceptors (Lipinski definition) is 3. The molecular formula is C15H15Br2ClN2O. The van der Waals surface area contributed by atoms with Crippen molar-refractivity contribution in [3.63, 3.8) is 0 Å². The average molecular weight is 435 g/mol. The largest absolute Gasteiger partial charge is 0.496 e. The molecule has 1 aromatic heterocycles. The van der Waals surface area contributed by atoms with E-state index < -0.39 is 0 Å². The van der Waals surface area contributed by atoms with Gasteiger partial charge in [-0.25, -0.2) is 0 Å². The molecule has 0 fully saturated rings. The van der Waals surface area contributed by atoms with Gasteiger partial charge < -0.3 is 10.1 Å². The minimum Gasteiger partial charge on any atom is -0.496 e. The molecule has 1 heterocycles. The predicted octanol–water partition coefficient (Wildman–Crippen LogP) is 4.97. The Kier molecular flexibility index (Phi) is 6.05. The Morgan fingerprint density at radius 1 is 1.33 bits per heavy atom. The Hall–Kier alpha value is -0.620. The molecule has 3 nitrogen and oxygen atoms in total. The fourth-order valence-electron chi connectivity index (χ4n) is 2.13. The quantitative estimate of drug-likeness (QED) is 0.722. The van der Waals surface area contributed by atoms with Crippen LogP contribution in [0.25, 0.3) is 0 Å². The van der Waals surface area contributed by atoms with Gasteiger partial charge in [-0.05, 0) is 62.7 Å². The Bertz CT molecular complexity index is 637. The molecule has 0 saturated heterocycles. The highest BCUT2D eigenvalue weighted by Gasteiger charge is 2.21. The van der Waals surface area contributed by atoms with Gasteiger partial charge in [0, 0.05) is 25.7 Å². The second-order valence-electron chi connectivity index (χ2n) is 4.40. The van der Waals surface area contributed by atoms with E-state index in [2.05, 4.69) is 49.1 Å². The zero-order valence-electron chi connectivity index (χ0n) is 11.7. The first-order valence-corrected chi connectivity index (χ1v) is 8.41. The SMILES string of the molecule is CCNC(c1cc(Cl)ccc1OC)c1ncc(Br)cc1Br. The van der Waals surface area contributed by atoms with Gasteiger partial charge in [-0.2, -0.15) is 0 Å². The van der Waals surface area contributed by atoms with Crippen LogP contribution in [0.1, 0.15) is 24.2 Å². The smallest absolute Gasteiger partial charge is 0.124 e. The third-order valence-corrected chi connectivity index (χ3v) is 4.32. The summed E-state index contributed by atoms with van der Waals surface area (Å²) in [6.45, 7) is 2.85. The summed E-state index contributed by atoms with van der Waals surface area (Å²) < 4.78 is 7.31. The first-order chi connectivity index (χ1) is 10.1. The molecular weight excluding hydrogens is 419 g/mol. The number of ether oxygens (including phenoxy) is 1. The van der Waals surface area contributed by atoms with Crippen LogP contribution in [-0.2, 0) is 0 Å². The van der Waals surface area contributed by atoms with Crippen LogP contribution >= 0.6 is 43.5 Å². The van der Waals surface area contributed by atoms with Gasteiger partial charge in [-0.15, -0.1) is 0 Å². The van der Waals surface area contributed by atoms with E-state index >= 15 is 0 Å². The van der Waals surface area contributed by atoms with Crippen molar-refractivity contribution in [1.29, 1.82) is 0 Å². The Morgan fingerprint density at radius 3 is 2.71 bits per heavy atom. The molecule has 2 aromatic rings. The second-order valence-corrected chi connectivity index (χ2v) is 6.60. The van der Waals surface area contributed by atoms with Crippen LogP contribution in [0.15, 0.2) is 39.4 Å². The number of rotatable bonds is 5. The Labute approximate surface area is 146 Å². The zero-order chi connectivity index (χ0) is 15.4. The topological polar surface area (TPSA) is 34.1 Å². The van der Waals surface area contributed by atoms with Crippen LogP contribution in [0.2, 0.25) is 5.02 Å². The first kappa shape index (κ1) is 16.7. The summed E-state index contributed by atoms with van der Waals surface area (Å²) in [6.07, 6.45) is 1.78. The number of methoxy groups -OCH3 is 1. The van der Waals surface area contributed by atoms with Gasteiger partial charge in [-0.1, -0.05) is 18.5 Å². The van der Waals surface area contributed by atoms with Gasteiger partial charge in [0.25, 0.3) is 0 Å². The van der Waals surface area contributed by atoms with E-state index in [-0.39, 0.29) is 6.04 Å². The highest BCUT2D eigenvalue weighted by molar-refractivity contribution is 9.11. The van der Waals surface area contributed by atoms with Crippen LogP contribution in [0.3, 0.4) is 0 Å². The molecule has 0 amide bonds.